The summed E-state index contributed by atoms with van der Waals surface area (Å²) in [7, 11) is 0. The average molecular weight is 531 g/mol. The standard InChI is InChI=1S/C6H12N2O4.2BrH.Pt/c9-5(10)3-7-1-2-8-4-6(11)12;;;/h7-8H,1-4H2,(H,9,10)(H,11,12);2*1H;/q;;;+2/p-2. The van der Waals surface area contributed by atoms with Gasteiger partial charge in [0.05, 0.1) is 13.1 Å². The van der Waals surface area contributed by atoms with E-state index in [9.17, 15) is 9.59 Å². The van der Waals surface area contributed by atoms with Crippen molar-refractivity contribution in [2.75, 3.05) is 26.2 Å². The summed E-state index contributed by atoms with van der Waals surface area (Å²) >= 11 is 0. The first-order valence-corrected chi connectivity index (χ1v) is 3.48. The first-order chi connectivity index (χ1) is 5.63. The van der Waals surface area contributed by atoms with Gasteiger partial charge in [-0.1, -0.05) is 0 Å². The van der Waals surface area contributed by atoms with Crippen LogP contribution in [0, 0.1) is 0 Å². The molecule has 0 unspecified atom stereocenters. The van der Waals surface area contributed by atoms with Crippen molar-refractivity contribution in [3.8, 4) is 0 Å². The molecule has 0 fully saturated rings. The Bertz CT molecular complexity index is 155. The quantitative estimate of drug-likeness (QED) is 0.244. The summed E-state index contributed by atoms with van der Waals surface area (Å²) in [6.07, 6.45) is 0. The van der Waals surface area contributed by atoms with E-state index in [0.29, 0.717) is 13.1 Å². The molecule has 0 spiro atoms. The van der Waals surface area contributed by atoms with Crippen molar-refractivity contribution in [3.05, 3.63) is 0 Å². The molecule has 0 amide bonds. The van der Waals surface area contributed by atoms with Crippen LogP contribution in [-0.4, -0.2) is 48.3 Å². The van der Waals surface area contributed by atoms with Crippen LogP contribution < -0.4 is 44.6 Å². The zero-order valence-electron chi connectivity index (χ0n) is 7.61. The van der Waals surface area contributed by atoms with Crippen LogP contribution >= 0.6 is 0 Å². The summed E-state index contributed by atoms with van der Waals surface area (Å²) < 4.78 is 0. The van der Waals surface area contributed by atoms with E-state index < -0.39 is 11.9 Å². The normalized spacial score (nSPS) is 7.73. The van der Waals surface area contributed by atoms with E-state index in [4.69, 9.17) is 10.2 Å². The largest absolute Gasteiger partial charge is 2.00 e. The Morgan fingerprint density at radius 2 is 1.13 bits per heavy atom. The smallest absolute Gasteiger partial charge is 1.00 e. The molecule has 0 aliphatic carbocycles. The summed E-state index contributed by atoms with van der Waals surface area (Å²) in [6.45, 7) is 0.683. The van der Waals surface area contributed by atoms with Crippen LogP contribution in [0.2, 0.25) is 0 Å². The van der Waals surface area contributed by atoms with Crippen molar-refractivity contribution in [2.24, 2.45) is 0 Å². The number of carboxylic acids is 2. The number of aliphatic carboxylic acids is 2. The first kappa shape index (κ1) is 24.6. The Kier molecular flexibility index (Phi) is 27.8. The van der Waals surface area contributed by atoms with Crippen molar-refractivity contribution < 1.29 is 74.8 Å². The second-order valence-electron chi connectivity index (χ2n) is 2.14. The Labute approximate surface area is 123 Å². The summed E-state index contributed by atoms with van der Waals surface area (Å²) in [5, 5.41) is 21.6. The van der Waals surface area contributed by atoms with E-state index in [0.717, 1.165) is 0 Å². The minimum Gasteiger partial charge on any atom is -1.00 e. The van der Waals surface area contributed by atoms with Gasteiger partial charge in [-0.15, -0.1) is 0 Å². The predicted octanol–water partition coefficient (Wildman–Crippen LogP) is -7.66. The van der Waals surface area contributed by atoms with Crippen LogP contribution in [0.5, 0.6) is 0 Å². The molecule has 0 heterocycles. The minimum atomic E-state index is -0.923. The number of hydrogen-bond donors (Lipinski definition) is 4. The molecule has 0 radical (unpaired) electrons. The summed E-state index contributed by atoms with van der Waals surface area (Å²) in [5.41, 5.74) is 0. The van der Waals surface area contributed by atoms with E-state index in [1.807, 2.05) is 0 Å². The maximum absolute atomic E-state index is 9.96. The number of carbonyl (C=O) groups is 2. The topological polar surface area (TPSA) is 98.7 Å². The molecule has 6 nitrogen and oxygen atoms in total. The molecule has 0 aliphatic rings. The van der Waals surface area contributed by atoms with Gasteiger partial charge in [0.2, 0.25) is 0 Å². The number of rotatable bonds is 7. The average Bonchev–Trinajstić information content (AvgIpc) is 1.95. The van der Waals surface area contributed by atoms with E-state index >= 15 is 0 Å². The molecule has 4 N–H and O–H groups in total. The Balaban J connectivity index is -0.000000202. The molecule has 0 saturated carbocycles. The van der Waals surface area contributed by atoms with Gasteiger partial charge in [0.25, 0.3) is 0 Å². The maximum Gasteiger partial charge on any atom is 2.00 e. The van der Waals surface area contributed by atoms with Crippen LogP contribution in [0.25, 0.3) is 0 Å². The van der Waals surface area contributed by atoms with Gasteiger partial charge < -0.3 is 54.8 Å². The van der Waals surface area contributed by atoms with E-state index in [2.05, 4.69) is 10.6 Å². The van der Waals surface area contributed by atoms with Crippen molar-refractivity contribution in [2.45, 2.75) is 0 Å². The van der Waals surface area contributed by atoms with Crippen LogP contribution in [0.1, 0.15) is 0 Å². The third kappa shape index (κ3) is 25.1. The van der Waals surface area contributed by atoms with Gasteiger partial charge >= 0.3 is 33.0 Å². The Hall–Kier alpha value is 0.508. The van der Waals surface area contributed by atoms with Crippen molar-refractivity contribution >= 4 is 11.9 Å². The zero-order valence-corrected chi connectivity index (χ0v) is 13.1. The Morgan fingerprint density at radius 1 is 0.867 bits per heavy atom. The fraction of sp³-hybridized carbons (Fsp3) is 0.667. The minimum absolute atomic E-state index is 0. The first-order valence-electron chi connectivity index (χ1n) is 3.48. The van der Waals surface area contributed by atoms with Gasteiger partial charge in [0.15, 0.2) is 0 Å². The van der Waals surface area contributed by atoms with Gasteiger partial charge in [0.1, 0.15) is 0 Å². The van der Waals surface area contributed by atoms with Gasteiger partial charge in [0, 0.05) is 13.1 Å². The number of halogens is 2. The van der Waals surface area contributed by atoms with Crippen LogP contribution in [0.3, 0.4) is 0 Å². The third-order valence-electron chi connectivity index (χ3n) is 1.03. The van der Waals surface area contributed by atoms with Crippen molar-refractivity contribution in [1.29, 1.82) is 0 Å². The Morgan fingerprint density at radius 3 is 1.33 bits per heavy atom. The number of hydrogen-bond acceptors (Lipinski definition) is 4. The summed E-state index contributed by atoms with van der Waals surface area (Å²) in [4.78, 5) is 19.9. The zero-order chi connectivity index (χ0) is 9.40. The molecule has 0 atom stereocenters. The molecule has 9 heteroatoms. The molecular weight excluding hydrogens is 519 g/mol. The van der Waals surface area contributed by atoms with Gasteiger partial charge in [-0.25, -0.2) is 0 Å². The second-order valence-corrected chi connectivity index (χ2v) is 2.14. The van der Waals surface area contributed by atoms with Crippen LogP contribution in [0.15, 0.2) is 0 Å². The molecule has 0 aromatic rings. The van der Waals surface area contributed by atoms with E-state index in [-0.39, 0.29) is 68.1 Å². The van der Waals surface area contributed by atoms with Crippen LogP contribution in [-0.2, 0) is 30.7 Å². The molecule has 0 aliphatic heterocycles. The molecule has 15 heavy (non-hydrogen) atoms. The van der Waals surface area contributed by atoms with Gasteiger partial charge in [-0.3, -0.25) is 9.59 Å². The molecule has 94 valence electrons. The molecule has 0 aromatic heterocycles. The molecule has 0 bridgehead atoms. The maximum atomic E-state index is 9.96. The van der Waals surface area contributed by atoms with E-state index in [1.165, 1.54) is 0 Å². The number of nitrogens with one attached hydrogen (secondary N) is 2. The summed E-state index contributed by atoms with van der Waals surface area (Å²) in [6, 6.07) is 0. The monoisotopic (exact) mass is 529 g/mol. The van der Waals surface area contributed by atoms with Gasteiger partial charge in [-0.2, -0.15) is 0 Å². The van der Waals surface area contributed by atoms with Crippen molar-refractivity contribution in [3.63, 3.8) is 0 Å². The predicted molar refractivity (Wildman–Crippen MR) is 41.0 cm³/mol. The molecule has 0 saturated heterocycles. The molecule has 0 rings (SSSR count). The SMILES string of the molecule is O=C(O)CNCCNCC(=O)O.[Br-].[Br-].[Pt+2]. The van der Waals surface area contributed by atoms with Gasteiger partial charge in [-0.05, 0) is 0 Å². The molecule has 0 aromatic carbocycles. The summed E-state index contributed by atoms with van der Waals surface area (Å²) in [5.74, 6) is -1.85. The fourth-order valence-electron chi connectivity index (χ4n) is 0.567. The third-order valence-corrected chi connectivity index (χ3v) is 1.03. The van der Waals surface area contributed by atoms with Crippen LogP contribution in [0.4, 0.5) is 0 Å². The molecular formula is C6H12Br2N2O4Pt. The van der Waals surface area contributed by atoms with Crippen molar-refractivity contribution in [1.82, 2.24) is 10.6 Å². The number of carboxylic acid groups (broad SMARTS) is 2. The van der Waals surface area contributed by atoms with E-state index in [1.54, 1.807) is 0 Å². The second kappa shape index (κ2) is 16.9. The fourth-order valence-corrected chi connectivity index (χ4v) is 0.567.